The molecule has 1 amide bonds. The molecule has 28 heavy (non-hydrogen) atoms. The maximum Gasteiger partial charge on any atom is 0.270 e. The molecular formula is C20H24N4O2S2. The van der Waals surface area contributed by atoms with Gasteiger partial charge in [-0.25, -0.2) is 0 Å². The van der Waals surface area contributed by atoms with Crippen LogP contribution in [0.5, 0.6) is 0 Å². The van der Waals surface area contributed by atoms with Crippen molar-refractivity contribution in [1.82, 2.24) is 9.47 Å². The molecule has 2 aliphatic heterocycles. The lowest BCUT2D eigenvalue weighted by Crippen LogP contribution is -2.33. The normalized spacial score (nSPS) is 18.4. The van der Waals surface area contributed by atoms with Gasteiger partial charge in [-0.1, -0.05) is 30.9 Å². The Morgan fingerprint density at radius 2 is 1.93 bits per heavy atom. The summed E-state index contributed by atoms with van der Waals surface area (Å²) in [4.78, 5) is 30.0. The molecular weight excluding hydrogens is 392 g/mol. The predicted molar refractivity (Wildman–Crippen MR) is 117 cm³/mol. The van der Waals surface area contributed by atoms with Gasteiger partial charge in [0.1, 0.15) is 21.8 Å². The first-order valence-electron chi connectivity index (χ1n) is 9.62. The molecule has 0 unspecified atom stereocenters. The highest BCUT2D eigenvalue weighted by Crippen LogP contribution is 2.36. The number of nitrogens with zero attached hydrogens (tertiary/aromatic N) is 4. The van der Waals surface area contributed by atoms with Gasteiger partial charge in [-0.3, -0.25) is 19.1 Å². The largest absolute Gasteiger partial charge is 0.357 e. The molecule has 0 bridgehead atoms. The van der Waals surface area contributed by atoms with Crippen LogP contribution >= 0.6 is 24.0 Å². The predicted octanol–water partition coefficient (Wildman–Crippen LogP) is 3.26. The van der Waals surface area contributed by atoms with Gasteiger partial charge in [-0.15, -0.1) is 0 Å². The zero-order chi connectivity index (χ0) is 20.4. The Morgan fingerprint density at radius 3 is 2.46 bits per heavy atom. The van der Waals surface area contributed by atoms with Crippen molar-refractivity contribution in [2.24, 2.45) is 0 Å². The summed E-state index contributed by atoms with van der Waals surface area (Å²) in [6, 6.07) is 2.08. The minimum atomic E-state index is -0.248. The van der Waals surface area contributed by atoms with E-state index >= 15 is 0 Å². The lowest BCUT2D eigenvalue weighted by atomic mass is 10.0. The zero-order valence-corrected chi connectivity index (χ0v) is 18.1. The number of hydrogen-bond acceptors (Lipinski definition) is 6. The van der Waals surface area contributed by atoms with Crippen LogP contribution in [0.25, 0.3) is 6.08 Å². The van der Waals surface area contributed by atoms with Crippen molar-refractivity contribution in [2.45, 2.75) is 46.6 Å². The van der Waals surface area contributed by atoms with E-state index in [0.717, 1.165) is 43.7 Å². The number of likely N-dealkylation sites (N-methyl/N-ethyl adjacent to an activating group) is 1. The topological polar surface area (TPSA) is 69.3 Å². The van der Waals surface area contributed by atoms with Gasteiger partial charge in [-0.2, -0.15) is 5.26 Å². The molecule has 1 aromatic rings. The number of thioether (sulfide) groups is 1. The van der Waals surface area contributed by atoms with Gasteiger partial charge in [-0.05, 0) is 44.7 Å². The number of aromatic nitrogens is 1. The highest BCUT2D eigenvalue weighted by Gasteiger charge is 2.32. The van der Waals surface area contributed by atoms with Crippen LogP contribution in [0.2, 0.25) is 0 Å². The SMILES string of the molecule is CCCn1c(N2CCCC2)c(/C=C2/SC(=S)N(CC)C2=O)c(C)c(C#N)c1=O. The summed E-state index contributed by atoms with van der Waals surface area (Å²) in [5.41, 5.74) is 1.31. The van der Waals surface area contributed by atoms with Crippen LogP contribution in [0, 0.1) is 18.3 Å². The smallest absolute Gasteiger partial charge is 0.270 e. The van der Waals surface area contributed by atoms with E-state index in [1.54, 1.807) is 16.4 Å². The molecule has 0 aliphatic carbocycles. The van der Waals surface area contributed by atoms with Gasteiger partial charge in [0.2, 0.25) is 0 Å². The van der Waals surface area contributed by atoms with E-state index in [1.165, 1.54) is 11.8 Å². The van der Waals surface area contributed by atoms with Crippen LogP contribution in [0.3, 0.4) is 0 Å². The first-order valence-corrected chi connectivity index (χ1v) is 10.8. The Hall–Kier alpha value is -2.11. The van der Waals surface area contributed by atoms with Crippen LogP contribution in [-0.4, -0.2) is 39.3 Å². The van der Waals surface area contributed by atoms with Crippen molar-refractivity contribution in [3.8, 4) is 6.07 Å². The summed E-state index contributed by atoms with van der Waals surface area (Å²) in [6.45, 7) is 8.50. The second kappa shape index (κ2) is 8.50. The molecule has 0 radical (unpaired) electrons. The van der Waals surface area contributed by atoms with E-state index in [2.05, 4.69) is 11.0 Å². The Morgan fingerprint density at radius 1 is 1.25 bits per heavy atom. The van der Waals surface area contributed by atoms with Gasteiger partial charge >= 0.3 is 0 Å². The minimum absolute atomic E-state index is 0.115. The molecule has 1 aromatic heterocycles. The monoisotopic (exact) mass is 416 g/mol. The number of rotatable bonds is 5. The number of anilines is 1. The van der Waals surface area contributed by atoms with Gasteiger partial charge in [0.25, 0.3) is 11.5 Å². The van der Waals surface area contributed by atoms with Crippen molar-refractivity contribution in [3.63, 3.8) is 0 Å². The van der Waals surface area contributed by atoms with Crippen molar-refractivity contribution in [3.05, 3.63) is 31.9 Å². The molecule has 3 rings (SSSR count). The van der Waals surface area contributed by atoms with Gasteiger partial charge < -0.3 is 4.90 Å². The average Bonchev–Trinajstić information content (AvgIpc) is 3.28. The van der Waals surface area contributed by atoms with Gasteiger partial charge in [0.15, 0.2) is 0 Å². The third-order valence-corrected chi connectivity index (χ3v) is 6.54. The lowest BCUT2D eigenvalue weighted by Gasteiger charge is -2.26. The first-order chi connectivity index (χ1) is 13.4. The van der Waals surface area contributed by atoms with Crippen LogP contribution in [-0.2, 0) is 11.3 Å². The van der Waals surface area contributed by atoms with Crippen LogP contribution in [0.4, 0.5) is 5.82 Å². The first kappa shape index (κ1) is 20.6. The summed E-state index contributed by atoms with van der Waals surface area (Å²) in [5.74, 6) is 0.707. The van der Waals surface area contributed by atoms with Crippen molar-refractivity contribution in [2.75, 3.05) is 24.5 Å². The number of pyridine rings is 1. The standard InChI is InChI=1S/C20H24N4O2S2/c1-4-8-24-17(22-9-6-7-10-22)14(13(3)15(12-21)18(24)25)11-16-19(26)23(5-2)20(27)28-16/h11H,4-10H2,1-3H3/b16-11+. The molecule has 0 saturated carbocycles. The Kier molecular flexibility index (Phi) is 6.26. The quantitative estimate of drug-likeness (QED) is 0.542. The van der Waals surface area contributed by atoms with Crippen LogP contribution in [0.15, 0.2) is 9.70 Å². The molecule has 6 nitrogen and oxygen atoms in total. The second-order valence-corrected chi connectivity index (χ2v) is 8.60. The van der Waals surface area contributed by atoms with Crippen molar-refractivity contribution in [1.29, 1.82) is 5.26 Å². The summed E-state index contributed by atoms with van der Waals surface area (Å²) in [6.07, 6.45) is 4.74. The van der Waals surface area contributed by atoms with Crippen molar-refractivity contribution < 1.29 is 4.79 Å². The Balaban J connectivity index is 2.27. The number of carbonyl (C=O) groups is 1. The highest BCUT2D eigenvalue weighted by molar-refractivity contribution is 8.26. The summed E-state index contributed by atoms with van der Waals surface area (Å²) in [7, 11) is 0. The fourth-order valence-corrected chi connectivity index (χ4v) is 5.11. The Bertz CT molecular complexity index is 952. The molecule has 2 saturated heterocycles. The third-order valence-electron chi connectivity index (χ3n) is 5.16. The maximum absolute atomic E-state index is 13.0. The third kappa shape index (κ3) is 3.49. The molecule has 8 heteroatoms. The number of thiocarbonyl (C=S) groups is 1. The molecule has 0 atom stereocenters. The molecule has 2 fully saturated rings. The molecule has 3 heterocycles. The highest BCUT2D eigenvalue weighted by atomic mass is 32.2. The van der Waals surface area contributed by atoms with Crippen molar-refractivity contribution >= 4 is 46.1 Å². The summed E-state index contributed by atoms with van der Waals surface area (Å²) < 4.78 is 2.25. The molecule has 0 spiro atoms. The van der Waals surface area contributed by atoms with E-state index in [1.807, 2.05) is 19.9 Å². The fraction of sp³-hybridized carbons (Fsp3) is 0.500. The molecule has 0 aromatic carbocycles. The van der Waals surface area contributed by atoms with E-state index in [0.29, 0.717) is 27.9 Å². The Labute approximate surface area is 174 Å². The number of hydrogen-bond donors (Lipinski definition) is 0. The molecule has 2 aliphatic rings. The molecule has 148 valence electrons. The van der Waals surface area contributed by atoms with Gasteiger partial charge in [0.05, 0.1) is 4.91 Å². The van der Waals surface area contributed by atoms with E-state index < -0.39 is 0 Å². The van der Waals surface area contributed by atoms with E-state index in [-0.39, 0.29) is 17.0 Å². The second-order valence-electron chi connectivity index (χ2n) is 6.93. The average molecular weight is 417 g/mol. The lowest BCUT2D eigenvalue weighted by molar-refractivity contribution is -0.121. The van der Waals surface area contributed by atoms with Crippen LogP contribution < -0.4 is 10.5 Å². The fourth-order valence-electron chi connectivity index (χ4n) is 3.75. The zero-order valence-electron chi connectivity index (χ0n) is 16.4. The minimum Gasteiger partial charge on any atom is -0.357 e. The van der Waals surface area contributed by atoms with E-state index in [9.17, 15) is 14.9 Å². The molecule has 0 N–H and O–H groups in total. The number of carbonyl (C=O) groups excluding carboxylic acids is 1. The van der Waals surface area contributed by atoms with Crippen LogP contribution in [0.1, 0.15) is 49.8 Å². The number of nitriles is 1. The summed E-state index contributed by atoms with van der Waals surface area (Å²) in [5, 5.41) is 9.61. The maximum atomic E-state index is 13.0. The van der Waals surface area contributed by atoms with Gasteiger partial charge in [0, 0.05) is 31.7 Å². The van der Waals surface area contributed by atoms with E-state index in [4.69, 9.17) is 12.2 Å². The number of amides is 1. The summed E-state index contributed by atoms with van der Waals surface area (Å²) >= 11 is 6.61.